The maximum absolute atomic E-state index is 10.8. The minimum Gasteiger partial charge on any atom is -0.372 e. The highest BCUT2D eigenvalue weighted by Crippen LogP contribution is 2.26. The summed E-state index contributed by atoms with van der Waals surface area (Å²) in [7, 11) is 1.94. The van der Waals surface area contributed by atoms with Gasteiger partial charge < -0.3 is 4.90 Å². The average molecular weight is 261 g/mol. The first-order valence-electron chi connectivity index (χ1n) is 6.28. The van der Waals surface area contributed by atoms with Gasteiger partial charge in [-0.1, -0.05) is 13.8 Å². The molecule has 0 heterocycles. The maximum atomic E-state index is 10.8. The van der Waals surface area contributed by atoms with Crippen LogP contribution in [0.2, 0.25) is 0 Å². The van der Waals surface area contributed by atoms with Crippen molar-refractivity contribution in [1.82, 2.24) is 0 Å². The molecule has 0 N–H and O–H groups in total. The van der Waals surface area contributed by atoms with Crippen LogP contribution in [0.15, 0.2) is 18.2 Å². The largest absolute Gasteiger partial charge is 0.372 e. The van der Waals surface area contributed by atoms with E-state index in [1.165, 1.54) is 6.07 Å². The molecule has 102 valence electrons. The molecule has 1 unspecified atom stereocenters. The number of nitro groups is 1. The highest BCUT2D eigenvalue weighted by molar-refractivity contribution is 5.59. The van der Waals surface area contributed by atoms with Crippen LogP contribution in [0.25, 0.3) is 0 Å². The van der Waals surface area contributed by atoms with E-state index in [-0.39, 0.29) is 11.3 Å². The quantitative estimate of drug-likeness (QED) is 0.602. The molecule has 5 heteroatoms. The summed E-state index contributed by atoms with van der Waals surface area (Å²) >= 11 is 0. The normalized spacial score (nSPS) is 12.0. The Kier molecular flexibility index (Phi) is 4.87. The molecule has 0 aliphatic rings. The minimum atomic E-state index is -0.528. The number of hydrogen-bond acceptors (Lipinski definition) is 4. The summed E-state index contributed by atoms with van der Waals surface area (Å²) in [6, 6.07) is 6.86. The SMILES string of the molecule is CC(C)CC(C)N(C)c1ccc([N+](=O)[O-])c(C#N)c1. The first-order valence-corrected chi connectivity index (χ1v) is 6.28. The average Bonchev–Trinajstić information content (AvgIpc) is 2.36. The van der Waals surface area contributed by atoms with E-state index in [1.54, 1.807) is 12.1 Å². The minimum absolute atomic E-state index is 0.103. The van der Waals surface area contributed by atoms with Gasteiger partial charge in [0.2, 0.25) is 0 Å². The standard InChI is InChI=1S/C14H19N3O2/c1-10(2)7-11(3)16(4)13-5-6-14(17(18)19)12(8-13)9-15/h5-6,8,10-11H,7H2,1-4H3. The van der Waals surface area contributed by atoms with E-state index in [9.17, 15) is 10.1 Å². The second-order valence-electron chi connectivity index (χ2n) is 5.16. The lowest BCUT2D eigenvalue weighted by molar-refractivity contribution is -0.385. The molecule has 1 rings (SSSR count). The van der Waals surface area contributed by atoms with E-state index in [0.29, 0.717) is 12.0 Å². The third kappa shape index (κ3) is 3.68. The van der Waals surface area contributed by atoms with Crippen molar-refractivity contribution in [3.8, 4) is 6.07 Å². The highest BCUT2D eigenvalue weighted by atomic mass is 16.6. The smallest absolute Gasteiger partial charge is 0.287 e. The van der Waals surface area contributed by atoms with Crippen molar-refractivity contribution < 1.29 is 4.92 Å². The van der Waals surface area contributed by atoms with Crippen molar-refractivity contribution in [2.75, 3.05) is 11.9 Å². The lowest BCUT2D eigenvalue weighted by Crippen LogP contribution is -2.30. The second kappa shape index (κ2) is 6.19. The van der Waals surface area contributed by atoms with Gasteiger partial charge in [-0.2, -0.15) is 5.26 Å². The van der Waals surface area contributed by atoms with Gasteiger partial charge in [-0.25, -0.2) is 0 Å². The Labute approximate surface area is 113 Å². The molecule has 0 amide bonds. The molecule has 0 aliphatic carbocycles. The Hall–Kier alpha value is -2.09. The van der Waals surface area contributed by atoms with Crippen LogP contribution in [0, 0.1) is 27.4 Å². The Morgan fingerprint density at radius 1 is 1.42 bits per heavy atom. The van der Waals surface area contributed by atoms with Crippen LogP contribution in [0.1, 0.15) is 32.8 Å². The number of nitro benzene ring substituents is 1. The van der Waals surface area contributed by atoms with Crippen LogP contribution in [-0.4, -0.2) is 18.0 Å². The summed E-state index contributed by atoms with van der Waals surface area (Å²) in [6.07, 6.45) is 1.02. The van der Waals surface area contributed by atoms with Gasteiger partial charge in [0.15, 0.2) is 0 Å². The predicted octanol–water partition coefficient (Wildman–Crippen LogP) is 3.34. The van der Waals surface area contributed by atoms with E-state index >= 15 is 0 Å². The van der Waals surface area contributed by atoms with E-state index in [0.717, 1.165) is 12.1 Å². The summed E-state index contributed by atoms with van der Waals surface area (Å²) in [6.45, 7) is 6.41. The van der Waals surface area contributed by atoms with Gasteiger partial charge in [0, 0.05) is 24.8 Å². The summed E-state index contributed by atoms with van der Waals surface area (Å²) < 4.78 is 0. The van der Waals surface area contributed by atoms with Crippen LogP contribution in [-0.2, 0) is 0 Å². The molecule has 1 aromatic rings. The van der Waals surface area contributed by atoms with Gasteiger partial charge in [-0.15, -0.1) is 0 Å². The number of rotatable bonds is 5. The molecule has 0 saturated carbocycles. The summed E-state index contributed by atoms with van der Waals surface area (Å²) in [5.41, 5.74) is 0.789. The Morgan fingerprint density at radius 3 is 2.53 bits per heavy atom. The molecule has 1 atom stereocenters. The molecule has 0 radical (unpaired) electrons. The summed E-state index contributed by atoms with van der Waals surface area (Å²) in [4.78, 5) is 12.3. The Morgan fingerprint density at radius 2 is 2.05 bits per heavy atom. The maximum Gasteiger partial charge on any atom is 0.287 e. The predicted molar refractivity (Wildman–Crippen MR) is 75.1 cm³/mol. The van der Waals surface area contributed by atoms with E-state index in [1.807, 2.05) is 18.0 Å². The van der Waals surface area contributed by atoms with Gasteiger partial charge in [0.05, 0.1) is 4.92 Å². The van der Waals surface area contributed by atoms with E-state index in [2.05, 4.69) is 20.8 Å². The molecule has 0 aromatic heterocycles. The fourth-order valence-electron chi connectivity index (χ4n) is 2.09. The number of hydrogen-bond donors (Lipinski definition) is 0. The third-order valence-electron chi connectivity index (χ3n) is 3.18. The molecule has 1 aromatic carbocycles. The zero-order valence-electron chi connectivity index (χ0n) is 11.8. The van der Waals surface area contributed by atoms with Crippen molar-refractivity contribution in [3.63, 3.8) is 0 Å². The molecule has 0 aliphatic heterocycles. The topological polar surface area (TPSA) is 70.2 Å². The second-order valence-corrected chi connectivity index (χ2v) is 5.16. The van der Waals surface area contributed by atoms with Gasteiger partial charge in [0.25, 0.3) is 5.69 Å². The van der Waals surface area contributed by atoms with Crippen molar-refractivity contribution in [2.24, 2.45) is 5.92 Å². The summed E-state index contributed by atoms with van der Waals surface area (Å²) in [5.74, 6) is 0.575. The van der Waals surface area contributed by atoms with Crippen LogP contribution in [0.5, 0.6) is 0 Å². The monoisotopic (exact) mass is 261 g/mol. The number of nitriles is 1. The van der Waals surface area contributed by atoms with Gasteiger partial charge in [0.1, 0.15) is 11.6 Å². The molecule has 0 bridgehead atoms. The van der Waals surface area contributed by atoms with E-state index < -0.39 is 4.92 Å². The van der Waals surface area contributed by atoms with Crippen LogP contribution in [0.4, 0.5) is 11.4 Å². The number of nitrogens with zero attached hydrogens (tertiary/aromatic N) is 3. The number of anilines is 1. The Bertz CT molecular complexity index is 506. The zero-order chi connectivity index (χ0) is 14.6. The van der Waals surface area contributed by atoms with Crippen molar-refractivity contribution in [2.45, 2.75) is 33.2 Å². The molecule has 0 saturated heterocycles. The van der Waals surface area contributed by atoms with Crippen molar-refractivity contribution >= 4 is 11.4 Å². The number of benzene rings is 1. The van der Waals surface area contributed by atoms with E-state index in [4.69, 9.17) is 5.26 Å². The molecule has 19 heavy (non-hydrogen) atoms. The third-order valence-corrected chi connectivity index (χ3v) is 3.18. The zero-order valence-corrected chi connectivity index (χ0v) is 11.8. The van der Waals surface area contributed by atoms with Crippen molar-refractivity contribution in [3.05, 3.63) is 33.9 Å². The highest BCUT2D eigenvalue weighted by Gasteiger charge is 2.17. The summed E-state index contributed by atoms with van der Waals surface area (Å²) in [5, 5.41) is 19.8. The molecule has 0 fully saturated rings. The fourth-order valence-corrected chi connectivity index (χ4v) is 2.09. The molecule has 0 spiro atoms. The lowest BCUT2D eigenvalue weighted by Gasteiger charge is -2.28. The first-order chi connectivity index (χ1) is 8.86. The molecular formula is C14H19N3O2. The first kappa shape index (κ1) is 15.0. The van der Waals surface area contributed by atoms with Crippen LogP contribution in [0.3, 0.4) is 0 Å². The Balaban J connectivity index is 3.03. The molecule has 5 nitrogen and oxygen atoms in total. The van der Waals surface area contributed by atoms with Gasteiger partial charge >= 0.3 is 0 Å². The molecular weight excluding hydrogens is 242 g/mol. The van der Waals surface area contributed by atoms with Crippen LogP contribution < -0.4 is 4.90 Å². The van der Waals surface area contributed by atoms with Gasteiger partial charge in [-0.05, 0) is 31.4 Å². The van der Waals surface area contributed by atoms with Crippen LogP contribution >= 0.6 is 0 Å². The van der Waals surface area contributed by atoms with Crippen molar-refractivity contribution in [1.29, 1.82) is 5.26 Å². The fraction of sp³-hybridized carbons (Fsp3) is 0.500. The lowest BCUT2D eigenvalue weighted by atomic mass is 10.0. The van der Waals surface area contributed by atoms with Gasteiger partial charge in [-0.3, -0.25) is 10.1 Å².